The zero-order valence-corrected chi connectivity index (χ0v) is 6.72. The van der Waals surface area contributed by atoms with Gasteiger partial charge in [0.05, 0.1) is 0 Å². The van der Waals surface area contributed by atoms with Crippen molar-refractivity contribution in [3.63, 3.8) is 0 Å². The fraction of sp³-hybridized carbons (Fsp3) is 0.375. The van der Waals surface area contributed by atoms with Crippen molar-refractivity contribution in [3.8, 4) is 0 Å². The summed E-state index contributed by atoms with van der Waals surface area (Å²) in [5, 5.41) is 0. The van der Waals surface area contributed by atoms with Gasteiger partial charge in [0.1, 0.15) is 0 Å². The van der Waals surface area contributed by atoms with Crippen LogP contribution < -0.4 is 5.73 Å². The Morgan fingerprint density at radius 3 is 2.67 bits per heavy atom. The van der Waals surface area contributed by atoms with Crippen LogP contribution in [0.2, 0.25) is 0 Å². The largest absolute Gasteiger partial charge is 0.326 e. The van der Waals surface area contributed by atoms with Gasteiger partial charge in [-0.2, -0.15) is 0 Å². The predicted octanol–water partition coefficient (Wildman–Crippen LogP) is 1.79. The van der Waals surface area contributed by atoms with Crippen LogP contribution in [0.4, 0.5) is 8.78 Å². The molecule has 0 bridgehead atoms. The van der Waals surface area contributed by atoms with E-state index in [0.29, 0.717) is 11.3 Å². The Hall–Kier alpha value is -1.03. The van der Waals surface area contributed by atoms with Gasteiger partial charge < -0.3 is 5.73 Å². The average Bonchev–Trinajstić information content (AvgIpc) is 2.03. The van der Waals surface area contributed by atoms with Gasteiger partial charge in [0.25, 0.3) is 6.43 Å². The van der Waals surface area contributed by atoms with Crippen LogP contribution >= 0.6 is 0 Å². The lowest BCUT2D eigenvalue weighted by Gasteiger charge is -2.08. The molecule has 1 rings (SSSR count). The molecule has 0 saturated carbocycles. The molecule has 1 aromatic heterocycles. The van der Waals surface area contributed by atoms with Crippen molar-refractivity contribution in [1.29, 1.82) is 0 Å². The molecule has 1 aromatic rings. The van der Waals surface area contributed by atoms with Crippen molar-refractivity contribution >= 4 is 0 Å². The average molecular weight is 172 g/mol. The van der Waals surface area contributed by atoms with Crippen molar-refractivity contribution in [2.75, 3.05) is 0 Å². The van der Waals surface area contributed by atoms with Crippen molar-refractivity contribution in [2.24, 2.45) is 5.73 Å². The molecule has 0 radical (unpaired) electrons. The van der Waals surface area contributed by atoms with Crippen molar-refractivity contribution in [3.05, 3.63) is 29.1 Å². The molecule has 66 valence electrons. The molecule has 0 aromatic carbocycles. The van der Waals surface area contributed by atoms with Gasteiger partial charge in [-0.3, -0.25) is 4.98 Å². The lowest BCUT2D eigenvalue weighted by molar-refractivity contribution is 0.149. The second kappa shape index (κ2) is 3.58. The first-order chi connectivity index (χ1) is 5.66. The predicted molar refractivity (Wildman–Crippen MR) is 41.8 cm³/mol. The summed E-state index contributed by atoms with van der Waals surface area (Å²) < 4.78 is 24.8. The maximum absolute atomic E-state index is 12.4. The van der Waals surface area contributed by atoms with E-state index in [0.717, 1.165) is 0 Å². The number of hydrogen-bond acceptors (Lipinski definition) is 2. The molecule has 1 heterocycles. The van der Waals surface area contributed by atoms with E-state index in [1.165, 1.54) is 12.3 Å². The Labute approximate surface area is 69.4 Å². The van der Waals surface area contributed by atoms with Crippen molar-refractivity contribution in [1.82, 2.24) is 4.98 Å². The van der Waals surface area contributed by atoms with E-state index in [1.54, 1.807) is 6.92 Å². The van der Waals surface area contributed by atoms with Crippen molar-refractivity contribution in [2.45, 2.75) is 19.9 Å². The van der Waals surface area contributed by atoms with Gasteiger partial charge in [0.15, 0.2) is 0 Å². The number of halogens is 2. The summed E-state index contributed by atoms with van der Waals surface area (Å²) in [6, 6.07) is 1.52. The highest BCUT2D eigenvalue weighted by Gasteiger charge is 2.14. The molecule has 2 nitrogen and oxygen atoms in total. The van der Waals surface area contributed by atoms with Crippen molar-refractivity contribution < 1.29 is 8.78 Å². The van der Waals surface area contributed by atoms with Crippen LogP contribution in [0.5, 0.6) is 0 Å². The normalized spacial score (nSPS) is 10.8. The summed E-state index contributed by atoms with van der Waals surface area (Å²) in [4.78, 5) is 3.77. The number of alkyl halides is 2. The molecule has 0 atom stereocenters. The minimum atomic E-state index is -2.49. The number of nitrogens with zero attached hydrogens (tertiary/aromatic N) is 1. The van der Waals surface area contributed by atoms with E-state index >= 15 is 0 Å². The molecule has 0 saturated heterocycles. The first-order valence-corrected chi connectivity index (χ1v) is 3.59. The Morgan fingerprint density at radius 2 is 2.25 bits per heavy atom. The lowest BCUT2D eigenvalue weighted by atomic mass is 10.1. The Kier molecular flexibility index (Phi) is 2.70. The highest BCUT2D eigenvalue weighted by molar-refractivity contribution is 5.30. The molecule has 12 heavy (non-hydrogen) atoms. The highest BCUT2D eigenvalue weighted by Crippen LogP contribution is 2.24. The Bertz CT molecular complexity index is 274. The summed E-state index contributed by atoms with van der Waals surface area (Å²) in [7, 11) is 0. The number of aromatic nitrogens is 1. The fourth-order valence-electron chi connectivity index (χ4n) is 1.11. The summed E-state index contributed by atoms with van der Waals surface area (Å²) >= 11 is 0. The van der Waals surface area contributed by atoms with E-state index in [1.807, 2.05) is 0 Å². The van der Waals surface area contributed by atoms with Crippen LogP contribution in [0, 0.1) is 6.92 Å². The zero-order valence-electron chi connectivity index (χ0n) is 6.72. The molecule has 0 spiro atoms. The fourth-order valence-corrected chi connectivity index (χ4v) is 1.11. The van der Waals surface area contributed by atoms with Gasteiger partial charge in [-0.05, 0) is 18.6 Å². The molecule has 0 aliphatic carbocycles. The van der Waals surface area contributed by atoms with Gasteiger partial charge in [-0.1, -0.05) is 0 Å². The Balaban J connectivity index is 3.20. The van der Waals surface area contributed by atoms with E-state index < -0.39 is 6.43 Å². The van der Waals surface area contributed by atoms with E-state index in [-0.39, 0.29) is 12.1 Å². The summed E-state index contributed by atoms with van der Waals surface area (Å²) in [5.41, 5.74) is 6.09. The summed E-state index contributed by atoms with van der Waals surface area (Å²) in [5.74, 6) is 0. The van der Waals surface area contributed by atoms with Crippen LogP contribution in [0.15, 0.2) is 12.3 Å². The van der Waals surface area contributed by atoms with Crippen LogP contribution in [0.25, 0.3) is 0 Å². The second-order valence-electron chi connectivity index (χ2n) is 2.47. The minimum absolute atomic E-state index is 0.0278. The first kappa shape index (κ1) is 9.06. The molecular weight excluding hydrogens is 162 g/mol. The monoisotopic (exact) mass is 172 g/mol. The SMILES string of the molecule is Cc1nccc(CN)c1C(F)F. The molecule has 0 aliphatic rings. The van der Waals surface area contributed by atoms with Gasteiger partial charge in [0, 0.05) is 24.0 Å². The quantitative estimate of drug-likeness (QED) is 0.738. The number of hydrogen-bond donors (Lipinski definition) is 1. The van der Waals surface area contributed by atoms with E-state index in [2.05, 4.69) is 4.98 Å². The molecule has 4 heteroatoms. The van der Waals surface area contributed by atoms with Gasteiger partial charge in [-0.15, -0.1) is 0 Å². The molecule has 0 aliphatic heterocycles. The third-order valence-corrected chi connectivity index (χ3v) is 1.72. The number of pyridine rings is 1. The minimum Gasteiger partial charge on any atom is -0.326 e. The zero-order chi connectivity index (χ0) is 9.14. The lowest BCUT2D eigenvalue weighted by Crippen LogP contribution is -2.05. The number of aryl methyl sites for hydroxylation is 1. The van der Waals surface area contributed by atoms with Crippen LogP contribution in [0.1, 0.15) is 23.2 Å². The van der Waals surface area contributed by atoms with Gasteiger partial charge >= 0.3 is 0 Å². The molecule has 2 N–H and O–H groups in total. The van der Waals surface area contributed by atoms with Gasteiger partial charge in [0.2, 0.25) is 0 Å². The third kappa shape index (κ3) is 1.58. The number of nitrogens with two attached hydrogens (primary N) is 1. The van der Waals surface area contributed by atoms with Crippen LogP contribution in [-0.2, 0) is 6.54 Å². The van der Waals surface area contributed by atoms with E-state index in [9.17, 15) is 8.78 Å². The van der Waals surface area contributed by atoms with E-state index in [4.69, 9.17) is 5.73 Å². The molecule has 0 fully saturated rings. The first-order valence-electron chi connectivity index (χ1n) is 3.59. The smallest absolute Gasteiger partial charge is 0.265 e. The molecule has 0 amide bonds. The molecule has 0 unspecified atom stereocenters. The standard InChI is InChI=1S/C8H10F2N2/c1-5-7(8(9)10)6(4-11)2-3-12-5/h2-3,8H,4,11H2,1H3. The molecular formula is C8H10F2N2. The Morgan fingerprint density at radius 1 is 1.58 bits per heavy atom. The van der Waals surface area contributed by atoms with Gasteiger partial charge in [-0.25, -0.2) is 8.78 Å². The number of rotatable bonds is 2. The maximum Gasteiger partial charge on any atom is 0.265 e. The summed E-state index contributed by atoms with van der Waals surface area (Å²) in [6.07, 6.45) is -0.999. The topological polar surface area (TPSA) is 38.9 Å². The summed E-state index contributed by atoms with van der Waals surface area (Å²) in [6.45, 7) is 1.68. The van der Waals surface area contributed by atoms with Crippen LogP contribution in [-0.4, -0.2) is 4.98 Å². The second-order valence-corrected chi connectivity index (χ2v) is 2.47. The van der Waals surface area contributed by atoms with Crippen LogP contribution in [0.3, 0.4) is 0 Å². The maximum atomic E-state index is 12.4. The highest BCUT2D eigenvalue weighted by atomic mass is 19.3. The third-order valence-electron chi connectivity index (χ3n) is 1.72.